The van der Waals surface area contributed by atoms with E-state index >= 15 is 0 Å². The van der Waals surface area contributed by atoms with Crippen LogP contribution >= 0.6 is 0 Å². The van der Waals surface area contributed by atoms with Gasteiger partial charge >= 0.3 is 0 Å². The lowest BCUT2D eigenvalue weighted by Crippen LogP contribution is -2.42. The van der Waals surface area contributed by atoms with Gasteiger partial charge in [0.2, 0.25) is 5.91 Å². The Balaban J connectivity index is 1.92. The number of hydrogen-bond acceptors (Lipinski definition) is 3. The molecule has 2 rings (SSSR count). The third kappa shape index (κ3) is 3.47. The summed E-state index contributed by atoms with van der Waals surface area (Å²) >= 11 is 0. The molecule has 1 saturated carbocycles. The summed E-state index contributed by atoms with van der Waals surface area (Å²) in [4.78, 5) is 12.1. The first kappa shape index (κ1) is 13.9. The molecule has 4 heteroatoms. The van der Waals surface area contributed by atoms with Crippen LogP contribution in [0.1, 0.15) is 44.1 Å². The number of aliphatic hydroxyl groups is 1. The van der Waals surface area contributed by atoms with Crippen molar-refractivity contribution in [2.24, 2.45) is 0 Å². The van der Waals surface area contributed by atoms with Gasteiger partial charge in [-0.25, -0.2) is 0 Å². The number of carbonyl (C=O) groups is 1. The van der Waals surface area contributed by atoms with Crippen LogP contribution in [0.5, 0.6) is 0 Å². The minimum absolute atomic E-state index is 0.0640. The molecule has 0 aromatic heterocycles. The van der Waals surface area contributed by atoms with E-state index in [1.807, 2.05) is 25.1 Å². The molecule has 0 aliphatic heterocycles. The highest BCUT2D eigenvalue weighted by molar-refractivity contribution is 5.83. The lowest BCUT2D eigenvalue weighted by atomic mass is 9.98. The summed E-state index contributed by atoms with van der Waals surface area (Å²) in [5.41, 5.74) is 6.57. The van der Waals surface area contributed by atoms with Crippen molar-refractivity contribution < 1.29 is 9.90 Å². The van der Waals surface area contributed by atoms with Crippen LogP contribution in [0.3, 0.4) is 0 Å². The molecule has 1 aromatic rings. The summed E-state index contributed by atoms with van der Waals surface area (Å²) in [6, 6.07) is 7.35. The average molecular weight is 262 g/mol. The van der Waals surface area contributed by atoms with Gasteiger partial charge in [0.25, 0.3) is 0 Å². The first-order valence-corrected chi connectivity index (χ1v) is 6.86. The third-order valence-corrected chi connectivity index (χ3v) is 3.93. The van der Waals surface area contributed by atoms with Gasteiger partial charge in [-0.1, -0.05) is 25.0 Å². The van der Waals surface area contributed by atoms with Crippen molar-refractivity contribution in [1.29, 1.82) is 0 Å². The van der Waals surface area contributed by atoms with Gasteiger partial charge in [0, 0.05) is 12.2 Å². The Labute approximate surface area is 114 Å². The summed E-state index contributed by atoms with van der Waals surface area (Å²) < 4.78 is 0. The quantitative estimate of drug-likeness (QED) is 0.724. The van der Waals surface area contributed by atoms with E-state index in [0.29, 0.717) is 12.2 Å². The zero-order valence-electron chi connectivity index (χ0n) is 11.4. The highest BCUT2D eigenvalue weighted by Crippen LogP contribution is 2.28. The van der Waals surface area contributed by atoms with Gasteiger partial charge < -0.3 is 16.2 Å². The van der Waals surface area contributed by atoms with Crippen molar-refractivity contribution in [3.8, 4) is 0 Å². The van der Waals surface area contributed by atoms with Crippen LogP contribution in [-0.2, 0) is 4.79 Å². The van der Waals surface area contributed by atoms with Gasteiger partial charge in [-0.05, 0) is 37.5 Å². The highest BCUT2D eigenvalue weighted by atomic mass is 16.3. The number of hydrogen-bond donors (Lipinski definition) is 3. The van der Waals surface area contributed by atoms with Crippen molar-refractivity contribution in [2.75, 3.05) is 12.3 Å². The number of rotatable bonds is 4. The molecule has 1 aliphatic carbocycles. The Bertz CT molecular complexity index is 453. The molecule has 0 radical (unpaired) electrons. The van der Waals surface area contributed by atoms with Gasteiger partial charge in [0.15, 0.2) is 0 Å². The summed E-state index contributed by atoms with van der Waals surface area (Å²) in [5.74, 6) is -0.320. The second kappa shape index (κ2) is 5.61. The minimum Gasteiger partial charge on any atom is -0.399 e. The molecule has 19 heavy (non-hydrogen) atoms. The number of nitrogens with one attached hydrogen (secondary N) is 1. The summed E-state index contributed by atoms with van der Waals surface area (Å²) in [5, 5.41) is 13.1. The highest BCUT2D eigenvalue weighted by Gasteiger charge is 2.31. The topological polar surface area (TPSA) is 75.3 Å². The van der Waals surface area contributed by atoms with Crippen LogP contribution in [0.4, 0.5) is 5.69 Å². The predicted octanol–water partition coefficient (Wildman–Crippen LogP) is 1.79. The van der Waals surface area contributed by atoms with E-state index in [2.05, 4.69) is 5.32 Å². The standard InChI is InChI=1S/C15H22N2O2/c1-11(12-5-4-6-13(16)9-12)14(18)17-10-15(19)7-2-3-8-15/h4-6,9,11,19H,2-3,7-8,10,16H2,1H3,(H,17,18). The third-order valence-electron chi connectivity index (χ3n) is 3.93. The van der Waals surface area contributed by atoms with Crippen molar-refractivity contribution >= 4 is 11.6 Å². The Morgan fingerprint density at radius 3 is 2.79 bits per heavy atom. The van der Waals surface area contributed by atoms with Crippen molar-refractivity contribution in [1.82, 2.24) is 5.32 Å². The van der Waals surface area contributed by atoms with Gasteiger partial charge in [-0.3, -0.25) is 4.79 Å². The molecule has 104 valence electrons. The number of carbonyl (C=O) groups excluding carboxylic acids is 1. The van der Waals surface area contributed by atoms with Gasteiger partial charge in [0.1, 0.15) is 0 Å². The number of amides is 1. The molecule has 4 N–H and O–H groups in total. The van der Waals surface area contributed by atoms with E-state index in [4.69, 9.17) is 5.73 Å². The molecule has 1 amide bonds. The molecular formula is C15H22N2O2. The molecule has 1 unspecified atom stereocenters. The number of anilines is 1. The van der Waals surface area contributed by atoms with Crippen LogP contribution < -0.4 is 11.1 Å². The zero-order chi connectivity index (χ0) is 13.9. The Morgan fingerprint density at radius 1 is 1.47 bits per heavy atom. The Hall–Kier alpha value is -1.55. The summed E-state index contributed by atoms with van der Waals surface area (Å²) in [7, 11) is 0. The fourth-order valence-corrected chi connectivity index (χ4v) is 2.59. The smallest absolute Gasteiger partial charge is 0.227 e. The molecule has 0 bridgehead atoms. The van der Waals surface area contributed by atoms with E-state index in [9.17, 15) is 9.90 Å². The van der Waals surface area contributed by atoms with Crippen molar-refractivity contribution in [2.45, 2.75) is 44.1 Å². The Kier molecular flexibility index (Phi) is 4.10. The monoisotopic (exact) mass is 262 g/mol. The minimum atomic E-state index is -0.703. The van der Waals surface area contributed by atoms with Crippen molar-refractivity contribution in [3.05, 3.63) is 29.8 Å². The second-order valence-corrected chi connectivity index (χ2v) is 5.54. The van der Waals surface area contributed by atoms with E-state index < -0.39 is 5.60 Å². The fraction of sp³-hybridized carbons (Fsp3) is 0.533. The number of benzene rings is 1. The predicted molar refractivity (Wildman–Crippen MR) is 75.7 cm³/mol. The Morgan fingerprint density at radius 2 is 2.16 bits per heavy atom. The molecule has 1 fully saturated rings. The maximum Gasteiger partial charge on any atom is 0.227 e. The van der Waals surface area contributed by atoms with E-state index in [-0.39, 0.29) is 11.8 Å². The summed E-state index contributed by atoms with van der Waals surface area (Å²) in [6.07, 6.45) is 3.63. The van der Waals surface area contributed by atoms with Crippen LogP contribution in [0.2, 0.25) is 0 Å². The molecule has 1 aliphatic rings. The largest absolute Gasteiger partial charge is 0.399 e. The lowest BCUT2D eigenvalue weighted by molar-refractivity contribution is -0.123. The van der Waals surface area contributed by atoms with Crippen LogP contribution in [0.25, 0.3) is 0 Å². The number of nitrogen functional groups attached to an aromatic ring is 1. The lowest BCUT2D eigenvalue weighted by Gasteiger charge is -2.23. The number of nitrogens with two attached hydrogens (primary N) is 1. The van der Waals surface area contributed by atoms with E-state index in [0.717, 1.165) is 31.2 Å². The van der Waals surface area contributed by atoms with E-state index in [1.165, 1.54) is 0 Å². The maximum atomic E-state index is 12.1. The van der Waals surface area contributed by atoms with E-state index in [1.54, 1.807) is 6.07 Å². The first-order valence-electron chi connectivity index (χ1n) is 6.86. The molecule has 1 atom stereocenters. The molecule has 0 spiro atoms. The normalized spacial score (nSPS) is 19.1. The van der Waals surface area contributed by atoms with Gasteiger partial charge in [-0.15, -0.1) is 0 Å². The van der Waals surface area contributed by atoms with Crippen LogP contribution in [0, 0.1) is 0 Å². The average Bonchev–Trinajstić information content (AvgIpc) is 2.82. The van der Waals surface area contributed by atoms with Gasteiger partial charge in [0.05, 0.1) is 11.5 Å². The molecular weight excluding hydrogens is 240 g/mol. The SMILES string of the molecule is CC(C(=O)NCC1(O)CCCC1)c1cccc(N)c1. The second-order valence-electron chi connectivity index (χ2n) is 5.54. The molecule has 4 nitrogen and oxygen atoms in total. The summed E-state index contributed by atoms with van der Waals surface area (Å²) in [6.45, 7) is 2.20. The first-order chi connectivity index (χ1) is 9.00. The van der Waals surface area contributed by atoms with Gasteiger partial charge in [-0.2, -0.15) is 0 Å². The maximum absolute atomic E-state index is 12.1. The molecule has 0 heterocycles. The molecule has 1 aromatic carbocycles. The zero-order valence-corrected chi connectivity index (χ0v) is 11.4. The van der Waals surface area contributed by atoms with Crippen LogP contribution in [0.15, 0.2) is 24.3 Å². The van der Waals surface area contributed by atoms with Crippen LogP contribution in [-0.4, -0.2) is 23.2 Å². The molecule has 0 saturated heterocycles. The fourth-order valence-electron chi connectivity index (χ4n) is 2.59. The van der Waals surface area contributed by atoms with Crippen molar-refractivity contribution in [3.63, 3.8) is 0 Å².